The number of aromatic nitrogens is 2. The summed E-state index contributed by atoms with van der Waals surface area (Å²) in [6.45, 7) is 5.80. The van der Waals surface area contributed by atoms with E-state index in [1.807, 2.05) is 0 Å². The molecule has 0 saturated carbocycles. The summed E-state index contributed by atoms with van der Waals surface area (Å²) >= 11 is 0. The normalized spacial score (nSPS) is 11.3. The molecule has 0 aromatic carbocycles. The van der Waals surface area contributed by atoms with Crippen LogP contribution in [0.5, 0.6) is 0 Å². The molecule has 0 fully saturated rings. The second-order valence-electron chi connectivity index (χ2n) is 3.15. The van der Waals surface area contributed by atoms with Crippen molar-refractivity contribution in [1.82, 2.24) is 14.9 Å². The van der Waals surface area contributed by atoms with Crippen LogP contribution in [0.3, 0.4) is 0 Å². The molecule has 0 aliphatic carbocycles. The molecule has 0 bridgehead atoms. The topological polar surface area (TPSA) is 84.1 Å². The Morgan fingerprint density at radius 2 is 2.44 bits per heavy atom. The van der Waals surface area contributed by atoms with Gasteiger partial charge in [0.25, 0.3) is 0 Å². The quantitative estimate of drug-likeness (QED) is 0.542. The number of H-pyrrole nitrogens is 1. The number of ether oxygens (including phenoxy) is 1. The number of nitrogens with one attached hydrogen (secondary N) is 2. The maximum absolute atomic E-state index is 11.7. The second kappa shape index (κ2) is 5.66. The van der Waals surface area contributed by atoms with Crippen molar-refractivity contribution in [3.63, 3.8) is 0 Å². The summed E-state index contributed by atoms with van der Waals surface area (Å²) in [5, 5.41) is 6.24. The Morgan fingerprint density at radius 3 is 3.00 bits per heavy atom. The van der Waals surface area contributed by atoms with Crippen molar-refractivity contribution in [2.45, 2.75) is 18.2 Å². The fourth-order valence-corrected chi connectivity index (χ4v) is 2.34. The number of hydrogen-bond acceptors (Lipinski definition) is 4. The van der Waals surface area contributed by atoms with Crippen LogP contribution in [-0.2, 0) is 14.8 Å². The van der Waals surface area contributed by atoms with Crippen molar-refractivity contribution in [2.75, 3.05) is 13.2 Å². The third-order valence-corrected chi connectivity index (χ3v) is 3.50. The Bertz CT molecular complexity index is 439. The molecule has 7 heteroatoms. The SMILES string of the molecule is C=COCCCNS(=O)(=O)c1cn[nH]c1C. The summed E-state index contributed by atoms with van der Waals surface area (Å²) < 4.78 is 30.8. The third kappa shape index (κ3) is 3.35. The van der Waals surface area contributed by atoms with E-state index in [2.05, 4.69) is 21.5 Å². The molecule has 2 N–H and O–H groups in total. The first kappa shape index (κ1) is 12.7. The first-order valence-corrected chi connectivity index (χ1v) is 6.28. The average Bonchev–Trinajstić information content (AvgIpc) is 2.65. The van der Waals surface area contributed by atoms with E-state index >= 15 is 0 Å². The first-order valence-electron chi connectivity index (χ1n) is 4.80. The highest BCUT2D eigenvalue weighted by Gasteiger charge is 2.17. The number of aromatic amines is 1. The Labute approximate surface area is 94.8 Å². The maximum atomic E-state index is 11.7. The van der Waals surface area contributed by atoms with Gasteiger partial charge in [-0.3, -0.25) is 5.10 Å². The van der Waals surface area contributed by atoms with Crippen molar-refractivity contribution in [3.05, 3.63) is 24.7 Å². The van der Waals surface area contributed by atoms with Crippen LogP contribution in [0.25, 0.3) is 0 Å². The van der Waals surface area contributed by atoms with Crippen LogP contribution >= 0.6 is 0 Å². The molecule has 0 amide bonds. The van der Waals surface area contributed by atoms with E-state index in [1.54, 1.807) is 6.92 Å². The fourth-order valence-electron chi connectivity index (χ4n) is 1.13. The monoisotopic (exact) mass is 245 g/mol. The summed E-state index contributed by atoms with van der Waals surface area (Å²) in [6, 6.07) is 0. The second-order valence-corrected chi connectivity index (χ2v) is 4.88. The van der Waals surface area contributed by atoms with Gasteiger partial charge < -0.3 is 4.74 Å². The standard InChI is InChI=1S/C9H15N3O3S/c1-3-15-6-4-5-11-16(13,14)9-7-10-12-8(9)2/h3,7,11H,1,4-6H2,2H3,(H,10,12). The number of sulfonamides is 1. The minimum atomic E-state index is -3.46. The summed E-state index contributed by atoms with van der Waals surface area (Å²) in [6.07, 6.45) is 3.20. The van der Waals surface area contributed by atoms with Gasteiger partial charge in [-0.25, -0.2) is 13.1 Å². The molecule has 1 rings (SSSR count). The van der Waals surface area contributed by atoms with Gasteiger partial charge in [-0.15, -0.1) is 0 Å². The summed E-state index contributed by atoms with van der Waals surface area (Å²) in [5.74, 6) is 0. The van der Waals surface area contributed by atoms with Gasteiger partial charge in [0.1, 0.15) is 4.90 Å². The zero-order chi connectivity index (χ0) is 12.0. The van der Waals surface area contributed by atoms with Gasteiger partial charge in [0.15, 0.2) is 0 Å². The van der Waals surface area contributed by atoms with Crippen molar-refractivity contribution in [1.29, 1.82) is 0 Å². The molecule has 0 radical (unpaired) electrons. The minimum absolute atomic E-state index is 0.178. The molecule has 0 atom stereocenters. The van der Waals surface area contributed by atoms with Crippen LogP contribution in [0.2, 0.25) is 0 Å². The smallest absolute Gasteiger partial charge is 0.243 e. The number of hydrogen-bond donors (Lipinski definition) is 2. The molecule has 1 aromatic rings. The molecule has 90 valence electrons. The molecule has 0 aliphatic heterocycles. The van der Waals surface area contributed by atoms with E-state index in [-0.39, 0.29) is 4.90 Å². The van der Waals surface area contributed by atoms with Gasteiger partial charge in [-0.05, 0) is 13.3 Å². The van der Waals surface area contributed by atoms with Gasteiger partial charge >= 0.3 is 0 Å². The molecular weight excluding hydrogens is 230 g/mol. The molecule has 0 unspecified atom stereocenters. The van der Waals surface area contributed by atoms with E-state index in [4.69, 9.17) is 4.74 Å². The van der Waals surface area contributed by atoms with Gasteiger partial charge in [-0.2, -0.15) is 5.10 Å². The Hall–Kier alpha value is -1.34. The first-order chi connectivity index (χ1) is 7.58. The fraction of sp³-hybridized carbons (Fsp3) is 0.444. The minimum Gasteiger partial charge on any atom is -0.502 e. The zero-order valence-electron chi connectivity index (χ0n) is 9.06. The maximum Gasteiger partial charge on any atom is 0.243 e. The van der Waals surface area contributed by atoms with Crippen LogP contribution in [0.1, 0.15) is 12.1 Å². The van der Waals surface area contributed by atoms with Gasteiger partial charge in [0.2, 0.25) is 10.0 Å². The van der Waals surface area contributed by atoms with E-state index in [9.17, 15) is 8.42 Å². The summed E-state index contributed by atoms with van der Waals surface area (Å²) in [7, 11) is -3.46. The van der Waals surface area contributed by atoms with Crippen molar-refractivity contribution in [2.24, 2.45) is 0 Å². The van der Waals surface area contributed by atoms with Crippen LogP contribution in [-0.4, -0.2) is 31.8 Å². The molecule has 0 spiro atoms. The zero-order valence-corrected chi connectivity index (χ0v) is 9.88. The molecule has 0 saturated heterocycles. The molecule has 1 heterocycles. The van der Waals surface area contributed by atoms with E-state index in [0.29, 0.717) is 25.3 Å². The molecule has 0 aliphatic rings. The van der Waals surface area contributed by atoms with E-state index in [1.165, 1.54) is 12.5 Å². The van der Waals surface area contributed by atoms with Crippen molar-refractivity contribution >= 4 is 10.0 Å². The summed E-state index contributed by atoms with van der Waals surface area (Å²) in [4.78, 5) is 0.178. The third-order valence-electron chi connectivity index (χ3n) is 1.92. The lowest BCUT2D eigenvalue weighted by Crippen LogP contribution is -2.25. The van der Waals surface area contributed by atoms with E-state index in [0.717, 1.165) is 0 Å². The number of nitrogens with zero attached hydrogens (tertiary/aromatic N) is 1. The van der Waals surface area contributed by atoms with Crippen LogP contribution in [0.15, 0.2) is 23.9 Å². The molecule has 16 heavy (non-hydrogen) atoms. The lowest BCUT2D eigenvalue weighted by atomic mass is 10.5. The molecular formula is C9H15N3O3S. The Kier molecular flexibility index (Phi) is 4.51. The van der Waals surface area contributed by atoms with Crippen molar-refractivity contribution < 1.29 is 13.2 Å². The Balaban J connectivity index is 2.47. The largest absolute Gasteiger partial charge is 0.502 e. The lowest BCUT2D eigenvalue weighted by molar-refractivity contribution is 0.247. The number of rotatable bonds is 7. The van der Waals surface area contributed by atoms with Crippen molar-refractivity contribution in [3.8, 4) is 0 Å². The van der Waals surface area contributed by atoms with Crippen LogP contribution in [0.4, 0.5) is 0 Å². The number of aryl methyl sites for hydroxylation is 1. The van der Waals surface area contributed by atoms with Gasteiger partial charge in [0.05, 0.1) is 24.8 Å². The summed E-state index contributed by atoms with van der Waals surface area (Å²) in [5.41, 5.74) is 0.523. The van der Waals surface area contributed by atoms with Gasteiger partial charge in [0, 0.05) is 6.54 Å². The highest BCUT2D eigenvalue weighted by molar-refractivity contribution is 7.89. The Morgan fingerprint density at radius 1 is 1.69 bits per heavy atom. The average molecular weight is 245 g/mol. The lowest BCUT2D eigenvalue weighted by Gasteiger charge is -2.05. The highest BCUT2D eigenvalue weighted by atomic mass is 32.2. The van der Waals surface area contributed by atoms with Gasteiger partial charge in [-0.1, -0.05) is 6.58 Å². The van der Waals surface area contributed by atoms with Crippen LogP contribution < -0.4 is 4.72 Å². The predicted octanol–water partition coefficient (Wildman–Crippen LogP) is 0.547. The predicted molar refractivity (Wildman–Crippen MR) is 59.3 cm³/mol. The molecule has 6 nitrogen and oxygen atoms in total. The molecule has 1 aromatic heterocycles. The van der Waals surface area contributed by atoms with E-state index < -0.39 is 10.0 Å². The highest BCUT2D eigenvalue weighted by Crippen LogP contribution is 2.10. The van der Waals surface area contributed by atoms with Crippen LogP contribution in [0, 0.1) is 6.92 Å².